The van der Waals surface area contributed by atoms with Crippen molar-refractivity contribution in [3.8, 4) is 22.7 Å². The van der Waals surface area contributed by atoms with Crippen LogP contribution in [-0.4, -0.2) is 87.0 Å². The van der Waals surface area contributed by atoms with Crippen LogP contribution in [-0.2, 0) is 19.5 Å². The van der Waals surface area contributed by atoms with Crippen LogP contribution < -0.4 is 15.4 Å². The minimum atomic E-state index is -3.82. The minimum Gasteiger partial charge on any atom is -0.480 e. The zero-order valence-electron chi connectivity index (χ0n) is 21.6. The van der Waals surface area contributed by atoms with E-state index in [0.29, 0.717) is 24.7 Å². The third-order valence-corrected chi connectivity index (χ3v) is 8.99. The van der Waals surface area contributed by atoms with Crippen LogP contribution in [0.25, 0.3) is 27.8 Å². The maximum absolute atomic E-state index is 13.5. The molecule has 6 rings (SSSR count). The van der Waals surface area contributed by atoms with Gasteiger partial charge in [-0.15, -0.1) is 0 Å². The van der Waals surface area contributed by atoms with E-state index in [1.54, 1.807) is 12.3 Å². The molecule has 12 heteroatoms. The highest BCUT2D eigenvalue weighted by Crippen LogP contribution is 2.33. The molecule has 0 amide bonds. The predicted octanol–water partition coefficient (Wildman–Crippen LogP) is 2.54. The van der Waals surface area contributed by atoms with Crippen LogP contribution in [0.4, 0.5) is 11.6 Å². The van der Waals surface area contributed by atoms with E-state index in [1.807, 2.05) is 34.9 Å². The van der Waals surface area contributed by atoms with Crippen LogP contribution in [0.2, 0.25) is 0 Å². The van der Waals surface area contributed by atoms with E-state index in [4.69, 9.17) is 19.9 Å². The van der Waals surface area contributed by atoms with Crippen LogP contribution in [0, 0.1) is 0 Å². The molecule has 2 aliphatic rings. The maximum Gasteiger partial charge on any atom is 0.248 e. The third kappa shape index (κ3) is 4.80. The second kappa shape index (κ2) is 10.5. The zero-order chi connectivity index (χ0) is 27.0. The van der Waals surface area contributed by atoms with Crippen LogP contribution in [0.1, 0.15) is 0 Å². The number of imidazole rings is 1. The summed E-state index contributed by atoms with van der Waals surface area (Å²) in [5, 5.41) is 0. The lowest BCUT2D eigenvalue weighted by Crippen LogP contribution is -2.40. The van der Waals surface area contributed by atoms with Gasteiger partial charge < -0.3 is 24.8 Å². The standard InChI is InChI=1S/C27H30N6O5S/c1-36-26-25(39(34,35)32-10-14-38-15-11-32)17-20(18-29-26)19-2-7-23-24(16-19)33(27(28)30-23)22-5-3-21(4-6-22)31-8-12-37-13-9-31/h2-7,16-18H,8-15H2,1H3,(H2,28,30). The normalized spacial score (nSPS) is 17.0. The smallest absolute Gasteiger partial charge is 0.248 e. The molecule has 0 aliphatic carbocycles. The first-order valence-corrected chi connectivity index (χ1v) is 14.2. The van der Waals surface area contributed by atoms with Crippen LogP contribution in [0.5, 0.6) is 5.88 Å². The molecule has 2 N–H and O–H groups in total. The number of rotatable bonds is 6. The number of nitrogens with zero attached hydrogens (tertiary/aromatic N) is 5. The molecule has 11 nitrogen and oxygen atoms in total. The van der Waals surface area contributed by atoms with Gasteiger partial charge in [0.2, 0.25) is 21.9 Å². The first-order chi connectivity index (χ1) is 19.0. The summed E-state index contributed by atoms with van der Waals surface area (Å²) in [5.74, 6) is 0.422. The Bertz CT molecular complexity index is 1590. The Hall–Kier alpha value is -3.71. The lowest BCUT2D eigenvalue weighted by atomic mass is 10.1. The fourth-order valence-corrected chi connectivity index (χ4v) is 6.57. The Morgan fingerprint density at radius 2 is 1.54 bits per heavy atom. The first-order valence-electron chi connectivity index (χ1n) is 12.8. The fraction of sp³-hybridized carbons (Fsp3) is 0.333. The molecule has 0 atom stereocenters. The molecule has 2 saturated heterocycles. The summed E-state index contributed by atoms with van der Waals surface area (Å²) in [6.45, 7) is 4.43. The van der Waals surface area contributed by atoms with E-state index in [0.717, 1.165) is 54.3 Å². The predicted molar refractivity (Wildman–Crippen MR) is 148 cm³/mol. The van der Waals surface area contributed by atoms with Gasteiger partial charge in [0, 0.05) is 49.3 Å². The number of aromatic nitrogens is 3. The van der Waals surface area contributed by atoms with Gasteiger partial charge in [-0.1, -0.05) is 6.07 Å². The zero-order valence-corrected chi connectivity index (χ0v) is 22.4. The molecule has 4 heterocycles. The molecule has 2 aliphatic heterocycles. The summed E-state index contributed by atoms with van der Waals surface area (Å²) in [6, 6.07) is 15.5. The summed E-state index contributed by atoms with van der Waals surface area (Å²) in [6.07, 6.45) is 1.61. The van der Waals surface area contributed by atoms with E-state index >= 15 is 0 Å². The maximum atomic E-state index is 13.5. The van der Waals surface area contributed by atoms with Crippen molar-refractivity contribution in [1.29, 1.82) is 0 Å². The van der Waals surface area contributed by atoms with Gasteiger partial charge in [-0.25, -0.2) is 18.4 Å². The average Bonchev–Trinajstić information content (AvgIpc) is 3.32. The number of hydrogen-bond acceptors (Lipinski definition) is 9. The van der Waals surface area contributed by atoms with Crippen molar-refractivity contribution in [1.82, 2.24) is 18.8 Å². The number of nitrogen functional groups attached to an aromatic ring is 1. The molecule has 0 bridgehead atoms. The van der Waals surface area contributed by atoms with E-state index in [2.05, 4.69) is 27.0 Å². The molecule has 4 aromatic rings. The van der Waals surface area contributed by atoms with Crippen molar-refractivity contribution in [2.75, 3.05) is 70.3 Å². The number of hydrogen-bond donors (Lipinski definition) is 1. The van der Waals surface area contributed by atoms with Crippen molar-refractivity contribution in [3.63, 3.8) is 0 Å². The summed E-state index contributed by atoms with van der Waals surface area (Å²) in [4.78, 5) is 11.2. The van der Waals surface area contributed by atoms with Crippen molar-refractivity contribution in [2.45, 2.75) is 4.90 Å². The molecule has 0 saturated carbocycles. The number of anilines is 2. The fourth-order valence-electron chi connectivity index (χ4n) is 5.03. The van der Waals surface area contributed by atoms with E-state index in [1.165, 1.54) is 11.4 Å². The lowest BCUT2D eigenvalue weighted by molar-refractivity contribution is 0.0729. The minimum absolute atomic E-state index is 0.0243. The number of methoxy groups -OCH3 is 1. The third-order valence-electron chi connectivity index (χ3n) is 7.10. The highest BCUT2D eigenvalue weighted by molar-refractivity contribution is 7.89. The van der Waals surface area contributed by atoms with Crippen molar-refractivity contribution < 1.29 is 22.6 Å². The Morgan fingerprint density at radius 3 is 2.23 bits per heavy atom. The quantitative estimate of drug-likeness (QED) is 0.386. The monoisotopic (exact) mass is 550 g/mol. The molecule has 2 fully saturated rings. The first kappa shape index (κ1) is 25.6. The van der Waals surface area contributed by atoms with Gasteiger partial charge in [-0.2, -0.15) is 4.31 Å². The second-order valence-electron chi connectivity index (χ2n) is 9.37. The molecule has 2 aromatic carbocycles. The van der Waals surface area contributed by atoms with E-state index in [9.17, 15) is 8.42 Å². The average molecular weight is 551 g/mol. The summed E-state index contributed by atoms with van der Waals surface area (Å²) in [5.41, 5.74) is 11.3. The Morgan fingerprint density at radius 1 is 0.872 bits per heavy atom. The number of sulfonamides is 1. The van der Waals surface area contributed by atoms with Gasteiger partial charge in [-0.05, 0) is 48.0 Å². The van der Waals surface area contributed by atoms with E-state index < -0.39 is 10.0 Å². The topological polar surface area (TPSA) is 125 Å². The molecule has 0 unspecified atom stereocenters. The Labute approximate surface area is 226 Å². The largest absolute Gasteiger partial charge is 0.480 e. The van der Waals surface area contributed by atoms with Gasteiger partial charge in [-0.3, -0.25) is 4.57 Å². The summed E-state index contributed by atoms with van der Waals surface area (Å²) < 4.78 is 46.3. The van der Waals surface area contributed by atoms with Crippen LogP contribution in [0.15, 0.2) is 59.6 Å². The molecule has 204 valence electrons. The van der Waals surface area contributed by atoms with Gasteiger partial charge in [0.05, 0.1) is 44.6 Å². The van der Waals surface area contributed by atoms with Crippen molar-refractivity contribution >= 4 is 32.7 Å². The Kier molecular flexibility index (Phi) is 6.85. The molecular weight excluding hydrogens is 520 g/mol. The summed E-state index contributed by atoms with van der Waals surface area (Å²) >= 11 is 0. The number of fused-ring (bicyclic) bond motifs is 1. The van der Waals surface area contributed by atoms with Gasteiger partial charge in [0.15, 0.2) is 0 Å². The van der Waals surface area contributed by atoms with Gasteiger partial charge in [0.25, 0.3) is 0 Å². The number of morpholine rings is 2. The molecule has 0 spiro atoms. The highest BCUT2D eigenvalue weighted by atomic mass is 32.2. The molecule has 0 radical (unpaired) electrons. The number of pyridine rings is 1. The summed E-state index contributed by atoms with van der Waals surface area (Å²) in [7, 11) is -2.41. The van der Waals surface area contributed by atoms with Gasteiger partial charge in [0.1, 0.15) is 4.90 Å². The number of nitrogens with two attached hydrogens (primary N) is 1. The molecule has 39 heavy (non-hydrogen) atoms. The van der Waals surface area contributed by atoms with Crippen LogP contribution >= 0.6 is 0 Å². The Balaban J connectivity index is 1.38. The van der Waals surface area contributed by atoms with E-state index in [-0.39, 0.29) is 23.9 Å². The van der Waals surface area contributed by atoms with Crippen molar-refractivity contribution in [3.05, 3.63) is 54.7 Å². The number of benzene rings is 2. The highest BCUT2D eigenvalue weighted by Gasteiger charge is 2.30. The lowest BCUT2D eigenvalue weighted by Gasteiger charge is -2.29. The molecule has 2 aromatic heterocycles. The SMILES string of the molecule is COc1ncc(-c2ccc3nc(N)n(-c4ccc(N5CCOCC5)cc4)c3c2)cc1S(=O)(=O)N1CCOCC1. The van der Waals surface area contributed by atoms with Crippen molar-refractivity contribution in [2.24, 2.45) is 0 Å². The number of ether oxygens (including phenoxy) is 3. The van der Waals surface area contributed by atoms with Gasteiger partial charge >= 0.3 is 0 Å². The van der Waals surface area contributed by atoms with Crippen LogP contribution in [0.3, 0.4) is 0 Å². The second-order valence-corrected chi connectivity index (χ2v) is 11.3. The molecular formula is C27H30N6O5S.